The van der Waals surface area contributed by atoms with Crippen LogP contribution < -0.4 is 0 Å². The third-order valence-corrected chi connectivity index (χ3v) is 3.88. The second-order valence-corrected chi connectivity index (χ2v) is 6.61. The Morgan fingerprint density at radius 2 is 2.00 bits per heavy atom. The van der Waals surface area contributed by atoms with Crippen molar-refractivity contribution >= 4 is 20.7 Å². The minimum Gasteiger partial charge on any atom is -0.346 e. The van der Waals surface area contributed by atoms with Crippen molar-refractivity contribution in [3.8, 4) is 0 Å². The number of para-hydroxylation sites is 1. The van der Waals surface area contributed by atoms with E-state index in [0.717, 1.165) is 6.42 Å². The van der Waals surface area contributed by atoms with Crippen molar-refractivity contribution in [2.75, 3.05) is 12.0 Å². The normalized spacial score (nSPS) is 12.1. The number of aromatic nitrogens is 1. The number of benzene rings is 1. The van der Waals surface area contributed by atoms with Gasteiger partial charge in [0.25, 0.3) is 0 Å². The highest BCUT2D eigenvalue weighted by Gasteiger charge is 2.07. The fraction of sp³-hybridized carbons (Fsp3) is 0.385. The number of rotatable bonds is 4. The molecule has 0 fully saturated rings. The van der Waals surface area contributed by atoms with Crippen LogP contribution in [0.2, 0.25) is 0 Å². The van der Waals surface area contributed by atoms with E-state index in [1.807, 2.05) is 22.9 Å². The van der Waals surface area contributed by atoms with Crippen molar-refractivity contribution < 1.29 is 8.42 Å². The lowest BCUT2D eigenvalue weighted by Crippen LogP contribution is -2.10. The molecule has 0 unspecified atom stereocenters. The lowest BCUT2D eigenvalue weighted by molar-refractivity contribution is 0.596. The average molecular weight is 251 g/mol. The summed E-state index contributed by atoms with van der Waals surface area (Å²) in [5.41, 5.74) is 2.43. The molecule has 0 bridgehead atoms. The first kappa shape index (κ1) is 12.2. The number of hydrogen-bond donors (Lipinski definition) is 0. The fourth-order valence-corrected chi connectivity index (χ4v) is 2.60. The van der Waals surface area contributed by atoms with Gasteiger partial charge in [0.15, 0.2) is 0 Å². The third-order valence-electron chi connectivity index (χ3n) is 2.96. The third kappa shape index (κ3) is 2.69. The highest BCUT2D eigenvalue weighted by molar-refractivity contribution is 7.90. The fourth-order valence-electron chi connectivity index (χ4n) is 2.08. The van der Waals surface area contributed by atoms with E-state index in [1.54, 1.807) is 0 Å². The van der Waals surface area contributed by atoms with E-state index < -0.39 is 9.84 Å². The van der Waals surface area contributed by atoms with Crippen molar-refractivity contribution in [2.45, 2.75) is 19.9 Å². The minimum absolute atomic E-state index is 0.189. The quantitative estimate of drug-likeness (QED) is 0.836. The SMILES string of the molecule is CCc1cccc2ccn(CCS(C)(=O)=O)c12. The lowest BCUT2D eigenvalue weighted by atomic mass is 10.1. The molecule has 0 spiro atoms. The highest BCUT2D eigenvalue weighted by Crippen LogP contribution is 2.20. The standard InChI is InChI=1S/C13H17NO2S/c1-3-11-5-4-6-12-7-8-14(13(11)12)9-10-17(2,15)16/h4-8H,3,9-10H2,1-2H3. The van der Waals surface area contributed by atoms with Crippen LogP contribution in [0.4, 0.5) is 0 Å². The molecule has 1 aromatic heterocycles. The van der Waals surface area contributed by atoms with Gasteiger partial charge in [-0.3, -0.25) is 0 Å². The van der Waals surface area contributed by atoms with E-state index in [4.69, 9.17) is 0 Å². The Balaban J connectivity index is 2.41. The maximum atomic E-state index is 11.2. The van der Waals surface area contributed by atoms with Crippen LogP contribution in [0.15, 0.2) is 30.5 Å². The van der Waals surface area contributed by atoms with Crippen LogP contribution in [0, 0.1) is 0 Å². The topological polar surface area (TPSA) is 39.1 Å². The molecule has 1 aromatic carbocycles. The molecule has 0 atom stereocenters. The molecule has 92 valence electrons. The largest absolute Gasteiger partial charge is 0.346 e. The molecule has 0 aliphatic rings. The van der Waals surface area contributed by atoms with E-state index in [9.17, 15) is 8.42 Å². The van der Waals surface area contributed by atoms with E-state index in [2.05, 4.69) is 19.1 Å². The van der Waals surface area contributed by atoms with Crippen LogP contribution in [0.5, 0.6) is 0 Å². The van der Waals surface area contributed by atoms with Gasteiger partial charge in [-0.05, 0) is 23.4 Å². The molecular formula is C13H17NO2S. The van der Waals surface area contributed by atoms with Crippen LogP contribution in [0.1, 0.15) is 12.5 Å². The molecule has 3 nitrogen and oxygen atoms in total. The summed E-state index contributed by atoms with van der Waals surface area (Å²) in [4.78, 5) is 0. The summed E-state index contributed by atoms with van der Waals surface area (Å²) < 4.78 is 24.4. The van der Waals surface area contributed by atoms with Crippen LogP contribution in [-0.2, 0) is 22.8 Å². The summed E-state index contributed by atoms with van der Waals surface area (Å²) in [6.07, 6.45) is 4.20. The smallest absolute Gasteiger partial charge is 0.149 e. The molecule has 2 rings (SSSR count). The zero-order valence-corrected chi connectivity index (χ0v) is 11.0. The Bertz CT molecular complexity index is 626. The molecule has 0 aliphatic carbocycles. The van der Waals surface area contributed by atoms with Gasteiger partial charge in [-0.2, -0.15) is 0 Å². The van der Waals surface area contributed by atoms with Crippen LogP contribution >= 0.6 is 0 Å². The predicted octanol–water partition coefficient (Wildman–Crippen LogP) is 2.25. The summed E-state index contributed by atoms with van der Waals surface area (Å²) in [6, 6.07) is 8.24. The summed E-state index contributed by atoms with van der Waals surface area (Å²) >= 11 is 0. The summed E-state index contributed by atoms with van der Waals surface area (Å²) in [5, 5.41) is 1.18. The molecule has 0 aliphatic heterocycles. The maximum absolute atomic E-state index is 11.2. The number of fused-ring (bicyclic) bond motifs is 1. The van der Waals surface area contributed by atoms with E-state index in [-0.39, 0.29) is 5.75 Å². The van der Waals surface area contributed by atoms with Crippen molar-refractivity contribution in [2.24, 2.45) is 0 Å². The molecule has 0 N–H and O–H groups in total. The molecule has 0 saturated heterocycles. The van der Waals surface area contributed by atoms with Crippen molar-refractivity contribution in [1.82, 2.24) is 4.57 Å². The first-order valence-corrected chi connectivity index (χ1v) is 7.82. The second kappa shape index (κ2) is 4.53. The Labute approximate surface area is 102 Å². The predicted molar refractivity (Wildman–Crippen MR) is 71.0 cm³/mol. The Hall–Kier alpha value is -1.29. The van der Waals surface area contributed by atoms with Gasteiger partial charge < -0.3 is 4.57 Å². The number of aryl methyl sites for hydroxylation is 2. The summed E-state index contributed by atoms with van der Waals surface area (Å²) in [5.74, 6) is 0.189. The van der Waals surface area contributed by atoms with Crippen molar-refractivity contribution in [3.63, 3.8) is 0 Å². The van der Waals surface area contributed by atoms with Gasteiger partial charge in [0.05, 0.1) is 11.3 Å². The highest BCUT2D eigenvalue weighted by atomic mass is 32.2. The Kier molecular flexibility index (Phi) is 3.24. The monoisotopic (exact) mass is 251 g/mol. The van der Waals surface area contributed by atoms with Crippen molar-refractivity contribution in [1.29, 1.82) is 0 Å². The molecule has 0 radical (unpaired) electrons. The van der Waals surface area contributed by atoms with Crippen LogP contribution in [0.25, 0.3) is 10.9 Å². The molecule has 17 heavy (non-hydrogen) atoms. The van der Waals surface area contributed by atoms with Gasteiger partial charge in [-0.1, -0.05) is 25.1 Å². The first-order valence-electron chi connectivity index (χ1n) is 5.75. The Morgan fingerprint density at radius 1 is 1.24 bits per heavy atom. The molecule has 4 heteroatoms. The number of nitrogens with zero attached hydrogens (tertiary/aromatic N) is 1. The van der Waals surface area contributed by atoms with Gasteiger partial charge >= 0.3 is 0 Å². The molecule has 1 heterocycles. The van der Waals surface area contributed by atoms with Crippen molar-refractivity contribution in [3.05, 3.63) is 36.0 Å². The molecule has 0 amide bonds. The summed E-state index contributed by atoms with van der Waals surface area (Å²) in [6.45, 7) is 2.64. The minimum atomic E-state index is -2.91. The molecule has 2 aromatic rings. The molecule has 0 saturated carbocycles. The van der Waals surface area contributed by atoms with Gasteiger partial charge in [0.1, 0.15) is 9.84 Å². The van der Waals surface area contributed by atoms with Crippen LogP contribution in [-0.4, -0.2) is 25.0 Å². The zero-order chi connectivity index (χ0) is 12.5. The number of sulfone groups is 1. The summed E-state index contributed by atoms with van der Waals surface area (Å²) in [7, 11) is -2.91. The van der Waals surface area contributed by atoms with E-state index in [1.165, 1.54) is 22.7 Å². The van der Waals surface area contributed by atoms with Gasteiger partial charge in [0, 0.05) is 19.0 Å². The first-order chi connectivity index (χ1) is 8.01. The zero-order valence-electron chi connectivity index (χ0n) is 10.2. The lowest BCUT2D eigenvalue weighted by Gasteiger charge is -2.08. The van der Waals surface area contributed by atoms with Crippen LogP contribution in [0.3, 0.4) is 0 Å². The number of hydrogen-bond acceptors (Lipinski definition) is 2. The van der Waals surface area contributed by atoms with E-state index in [0.29, 0.717) is 6.54 Å². The maximum Gasteiger partial charge on any atom is 0.149 e. The average Bonchev–Trinajstić information content (AvgIpc) is 2.68. The van der Waals surface area contributed by atoms with Gasteiger partial charge in [0.2, 0.25) is 0 Å². The molecular weight excluding hydrogens is 234 g/mol. The Morgan fingerprint density at radius 3 is 2.65 bits per heavy atom. The second-order valence-electron chi connectivity index (χ2n) is 4.35. The van der Waals surface area contributed by atoms with Gasteiger partial charge in [-0.25, -0.2) is 8.42 Å². The van der Waals surface area contributed by atoms with E-state index >= 15 is 0 Å². The van der Waals surface area contributed by atoms with Gasteiger partial charge in [-0.15, -0.1) is 0 Å².